The van der Waals surface area contributed by atoms with Gasteiger partial charge in [0.1, 0.15) is 5.75 Å². The molecule has 0 fully saturated rings. The number of ether oxygens (including phenoxy) is 1. The fourth-order valence-electron chi connectivity index (χ4n) is 1.57. The van der Waals surface area contributed by atoms with Gasteiger partial charge in [0.05, 0.1) is 6.61 Å². The predicted molar refractivity (Wildman–Crippen MR) is 63.3 cm³/mol. The molecule has 0 aliphatic heterocycles. The fraction of sp³-hybridized carbons (Fsp3) is 0.308. The molecule has 0 aliphatic rings. The fourth-order valence-corrected chi connectivity index (χ4v) is 1.57. The molecule has 3 nitrogen and oxygen atoms in total. The third kappa shape index (κ3) is 3.21. The average Bonchev–Trinajstić information content (AvgIpc) is 2.19. The van der Waals surface area contributed by atoms with Gasteiger partial charge in [0, 0.05) is 12.5 Å². The molecule has 1 aromatic rings. The van der Waals surface area contributed by atoms with E-state index < -0.39 is 0 Å². The first-order valence-electron chi connectivity index (χ1n) is 5.11. The van der Waals surface area contributed by atoms with Crippen LogP contribution in [0.25, 0.3) is 6.08 Å². The Kier molecular flexibility index (Phi) is 4.26. The maximum atomic E-state index is 11.0. The Morgan fingerprint density at radius 3 is 2.69 bits per heavy atom. The summed E-state index contributed by atoms with van der Waals surface area (Å²) < 4.78 is 5.16. The van der Waals surface area contributed by atoms with Crippen molar-refractivity contribution in [2.75, 3.05) is 6.61 Å². The van der Waals surface area contributed by atoms with E-state index in [1.165, 1.54) is 6.92 Å². The standard InChI is InChI=1S/C13H16O3/c1-9-7-10(2)13(16-11(3)15)12(8-9)5-4-6-14/h4-5,7-8,14H,6H2,1-3H3/b5-4-. The summed E-state index contributed by atoms with van der Waals surface area (Å²) in [6, 6.07) is 3.87. The van der Waals surface area contributed by atoms with Gasteiger partial charge in [-0.25, -0.2) is 0 Å². The zero-order chi connectivity index (χ0) is 12.1. The van der Waals surface area contributed by atoms with Gasteiger partial charge in [0.25, 0.3) is 0 Å². The first-order valence-corrected chi connectivity index (χ1v) is 5.11. The van der Waals surface area contributed by atoms with Crippen molar-refractivity contribution in [3.05, 3.63) is 34.9 Å². The maximum absolute atomic E-state index is 11.0. The molecule has 1 aromatic carbocycles. The Hall–Kier alpha value is -1.61. The summed E-state index contributed by atoms with van der Waals surface area (Å²) in [6.07, 6.45) is 3.36. The first kappa shape index (κ1) is 12.5. The maximum Gasteiger partial charge on any atom is 0.308 e. The van der Waals surface area contributed by atoms with Gasteiger partial charge in [-0.2, -0.15) is 0 Å². The number of carbonyl (C=O) groups is 1. The summed E-state index contributed by atoms with van der Waals surface area (Å²) in [5, 5.41) is 8.74. The second-order valence-corrected chi connectivity index (χ2v) is 3.68. The number of hydrogen-bond acceptors (Lipinski definition) is 3. The minimum atomic E-state index is -0.342. The molecule has 0 heterocycles. The third-order valence-corrected chi connectivity index (χ3v) is 2.10. The molecule has 16 heavy (non-hydrogen) atoms. The van der Waals surface area contributed by atoms with E-state index in [1.54, 1.807) is 12.2 Å². The Morgan fingerprint density at radius 1 is 1.44 bits per heavy atom. The van der Waals surface area contributed by atoms with Crippen LogP contribution in [0.3, 0.4) is 0 Å². The normalized spacial score (nSPS) is 10.8. The molecule has 0 radical (unpaired) electrons. The molecule has 0 unspecified atom stereocenters. The number of hydrogen-bond donors (Lipinski definition) is 1. The van der Waals surface area contributed by atoms with Crippen LogP contribution in [0, 0.1) is 13.8 Å². The number of rotatable bonds is 3. The van der Waals surface area contributed by atoms with Crippen LogP contribution in [0.1, 0.15) is 23.6 Å². The van der Waals surface area contributed by atoms with Gasteiger partial charge in [0.2, 0.25) is 0 Å². The minimum Gasteiger partial charge on any atom is -0.426 e. The molecule has 0 saturated carbocycles. The molecule has 0 amide bonds. The monoisotopic (exact) mass is 220 g/mol. The van der Waals surface area contributed by atoms with Crippen molar-refractivity contribution in [3.63, 3.8) is 0 Å². The number of aliphatic hydroxyl groups is 1. The largest absolute Gasteiger partial charge is 0.426 e. The van der Waals surface area contributed by atoms with Crippen molar-refractivity contribution in [2.45, 2.75) is 20.8 Å². The summed E-state index contributed by atoms with van der Waals surface area (Å²) in [5.41, 5.74) is 2.81. The Labute approximate surface area is 95.4 Å². The molecule has 1 N–H and O–H groups in total. The highest BCUT2D eigenvalue weighted by Crippen LogP contribution is 2.26. The Bertz CT molecular complexity index is 419. The van der Waals surface area contributed by atoms with E-state index in [9.17, 15) is 4.79 Å². The van der Waals surface area contributed by atoms with Gasteiger partial charge in [0.15, 0.2) is 0 Å². The van der Waals surface area contributed by atoms with Crippen molar-refractivity contribution in [1.29, 1.82) is 0 Å². The quantitative estimate of drug-likeness (QED) is 0.627. The third-order valence-electron chi connectivity index (χ3n) is 2.10. The topological polar surface area (TPSA) is 46.5 Å². The molecule has 0 atom stereocenters. The summed E-state index contributed by atoms with van der Waals surface area (Å²) in [6.45, 7) is 5.20. The Balaban J connectivity index is 3.20. The van der Waals surface area contributed by atoms with Gasteiger partial charge in [-0.15, -0.1) is 0 Å². The van der Waals surface area contributed by atoms with Gasteiger partial charge in [-0.3, -0.25) is 4.79 Å². The highest BCUT2D eigenvalue weighted by atomic mass is 16.5. The minimum absolute atomic E-state index is 0.0352. The van der Waals surface area contributed by atoms with Crippen LogP contribution in [0.4, 0.5) is 0 Å². The number of carbonyl (C=O) groups excluding carboxylic acids is 1. The lowest BCUT2D eigenvalue weighted by Crippen LogP contribution is -2.04. The molecule has 86 valence electrons. The molecule has 0 saturated heterocycles. The summed E-state index contributed by atoms with van der Waals surface area (Å²) in [5.74, 6) is 0.216. The van der Waals surface area contributed by atoms with Crippen molar-refractivity contribution in [3.8, 4) is 5.75 Å². The lowest BCUT2D eigenvalue weighted by Gasteiger charge is -2.10. The van der Waals surface area contributed by atoms with Crippen LogP contribution < -0.4 is 4.74 Å². The molecular formula is C13H16O3. The van der Waals surface area contributed by atoms with Gasteiger partial charge in [-0.05, 0) is 25.5 Å². The zero-order valence-electron chi connectivity index (χ0n) is 9.78. The average molecular weight is 220 g/mol. The number of aryl methyl sites for hydroxylation is 2. The van der Waals surface area contributed by atoms with Gasteiger partial charge in [-0.1, -0.05) is 23.8 Å². The number of aliphatic hydroxyl groups excluding tert-OH is 1. The van der Waals surface area contributed by atoms with Crippen molar-refractivity contribution >= 4 is 12.0 Å². The van der Waals surface area contributed by atoms with E-state index in [0.29, 0.717) is 5.75 Å². The van der Waals surface area contributed by atoms with E-state index >= 15 is 0 Å². The molecule has 1 rings (SSSR count). The highest BCUT2D eigenvalue weighted by molar-refractivity contribution is 5.73. The predicted octanol–water partition coefficient (Wildman–Crippen LogP) is 2.23. The van der Waals surface area contributed by atoms with Gasteiger partial charge < -0.3 is 9.84 Å². The van der Waals surface area contributed by atoms with Crippen molar-refractivity contribution in [2.24, 2.45) is 0 Å². The number of esters is 1. The molecule has 3 heteroatoms. The van der Waals surface area contributed by atoms with E-state index in [0.717, 1.165) is 16.7 Å². The first-order chi connectivity index (χ1) is 7.54. The molecular weight excluding hydrogens is 204 g/mol. The summed E-state index contributed by atoms with van der Waals surface area (Å²) >= 11 is 0. The van der Waals surface area contributed by atoms with E-state index in [2.05, 4.69) is 0 Å². The van der Waals surface area contributed by atoms with Crippen LogP contribution in [0.5, 0.6) is 5.75 Å². The molecule has 0 aromatic heterocycles. The lowest BCUT2D eigenvalue weighted by molar-refractivity contribution is -0.131. The molecule has 0 bridgehead atoms. The Morgan fingerprint density at radius 2 is 2.12 bits per heavy atom. The van der Waals surface area contributed by atoms with Crippen LogP contribution in [0.2, 0.25) is 0 Å². The van der Waals surface area contributed by atoms with E-state index in [4.69, 9.17) is 9.84 Å². The second-order valence-electron chi connectivity index (χ2n) is 3.68. The van der Waals surface area contributed by atoms with E-state index in [-0.39, 0.29) is 12.6 Å². The smallest absolute Gasteiger partial charge is 0.308 e. The zero-order valence-corrected chi connectivity index (χ0v) is 9.78. The SMILES string of the molecule is CC(=O)Oc1c(C)cc(C)cc1/C=C\CO. The molecule has 0 aliphatic carbocycles. The van der Waals surface area contributed by atoms with Crippen molar-refractivity contribution < 1.29 is 14.6 Å². The van der Waals surface area contributed by atoms with E-state index in [1.807, 2.05) is 26.0 Å². The summed E-state index contributed by atoms with van der Waals surface area (Å²) in [4.78, 5) is 11.0. The number of benzene rings is 1. The van der Waals surface area contributed by atoms with Crippen LogP contribution in [0.15, 0.2) is 18.2 Å². The summed E-state index contributed by atoms with van der Waals surface area (Å²) in [7, 11) is 0. The lowest BCUT2D eigenvalue weighted by atomic mass is 10.1. The van der Waals surface area contributed by atoms with Crippen LogP contribution in [-0.4, -0.2) is 17.7 Å². The van der Waals surface area contributed by atoms with Gasteiger partial charge >= 0.3 is 5.97 Å². The van der Waals surface area contributed by atoms with Crippen molar-refractivity contribution in [1.82, 2.24) is 0 Å². The molecule has 0 spiro atoms. The van der Waals surface area contributed by atoms with Crippen LogP contribution in [-0.2, 0) is 4.79 Å². The second kappa shape index (κ2) is 5.47. The highest BCUT2D eigenvalue weighted by Gasteiger charge is 2.08. The van der Waals surface area contributed by atoms with Crippen LogP contribution >= 0.6 is 0 Å².